The SMILES string of the molecule is O=[N+]([O-])c1cc(Cl)c(F)cc1NC1CCCCC1O. The number of anilines is 1. The molecule has 0 radical (unpaired) electrons. The third kappa shape index (κ3) is 3.13. The highest BCUT2D eigenvalue weighted by Gasteiger charge is 2.26. The molecule has 0 spiro atoms. The first-order chi connectivity index (χ1) is 8.99. The van der Waals surface area contributed by atoms with E-state index in [0.29, 0.717) is 12.8 Å². The van der Waals surface area contributed by atoms with Gasteiger partial charge in [0.2, 0.25) is 0 Å². The van der Waals surface area contributed by atoms with Crippen molar-refractivity contribution in [3.05, 3.63) is 33.1 Å². The molecule has 2 N–H and O–H groups in total. The van der Waals surface area contributed by atoms with Crippen LogP contribution in [0.3, 0.4) is 0 Å². The van der Waals surface area contributed by atoms with Gasteiger partial charge >= 0.3 is 0 Å². The van der Waals surface area contributed by atoms with Gasteiger partial charge in [-0.15, -0.1) is 0 Å². The summed E-state index contributed by atoms with van der Waals surface area (Å²) in [5, 5.41) is 23.3. The summed E-state index contributed by atoms with van der Waals surface area (Å²) in [6.45, 7) is 0. The van der Waals surface area contributed by atoms with Crippen LogP contribution in [-0.4, -0.2) is 22.2 Å². The largest absolute Gasteiger partial charge is 0.391 e. The lowest BCUT2D eigenvalue weighted by Gasteiger charge is -2.29. The summed E-state index contributed by atoms with van der Waals surface area (Å²) in [6, 6.07) is 1.68. The third-order valence-corrected chi connectivity index (χ3v) is 3.60. The Hall–Kier alpha value is -1.40. The van der Waals surface area contributed by atoms with Gasteiger partial charge in [0, 0.05) is 12.1 Å². The Morgan fingerprint density at radius 3 is 2.74 bits per heavy atom. The summed E-state index contributed by atoms with van der Waals surface area (Å²) < 4.78 is 13.4. The van der Waals surface area contributed by atoms with Crippen LogP contribution in [0.25, 0.3) is 0 Å². The van der Waals surface area contributed by atoms with E-state index in [1.165, 1.54) is 0 Å². The van der Waals surface area contributed by atoms with Gasteiger partial charge in [0.1, 0.15) is 11.5 Å². The zero-order valence-corrected chi connectivity index (χ0v) is 10.9. The molecule has 1 aliphatic carbocycles. The van der Waals surface area contributed by atoms with Gasteiger partial charge in [-0.25, -0.2) is 4.39 Å². The fourth-order valence-corrected chi connectivity index (χ4v) is 2.44. The third-order valence-electron chi connectivity index (χ3n) is 3.31. The van der Waals surface area contributed by atoms with Crippen LogP contribution in [0, 0.1) is 15.9 Å². The molecule has 0 aromatic heterocycles. The maximum Gasteiger partial charge on any atom is 0.294 e. The smallest absolute Gasteiger partial charge is 0.294 e. The molecule has 0 heterocycles. The van der Waals surface area contributed by atoms with Crippen LogP contribution in [0.1, 0.15) is 25.7 Å². The molecule has 1 aromatic rings. The Morgan fingerprint density at radius 2 is 2.11 bits per heavy atom. The summed E-state index contributed by atoms with van der Waals surface area (Å²) in [5.41, 5.74) is -0.234. The molecule has 0 saturated heterocycles. The van der Waals surface area contributed by atoms with Crippen LogP contribution < -0.4 is 5.32 Å². The molecule has 0 aliphatic heterocycles. The molecule has 1 saturated carbocycles. The molecule has 2 rings (SSSR count). The first-order valence-electron chi connectivity index (χ1n) is 6.07. The first-order valence-corrected chi connectivity index (χ1v) is 6.45. The zero-order chi connectivity index (χ0) is 14.0. The van der Waals surface area contributed by atoms with Crippen LogP contribution in [0.5, 0.6) is 0 Å². The Balaban J connectivity index is 2.27. The van der Waals surface area contributed by atoms with E-state index in [4.69, 9.17) is 11.6 Å². The second-order valence-corrected chi connectivity index (χ2v) is 5.05. The standard InChI is InChI=1S/C12H14ClFN2O3/c13-7-5-11(16(18)19)10(6-8(7)14)15-9-3-1-2-4-12(9)17/h5-6,9,12,15,17H,1-4H2. The van der Waals surface area contributed by atoms with Crippen molar-refractivity contribution in [3.63, 3.8) is 0 Å². The molecule has 104 valence electrons. The number of halogens is 2. The predicted molar refractivity (Wildman–Crippen MR) is 69.9 cm³/mol. The maximum atomic E-state index is 13.4. The molecule has 0 amide bonds. The van der Waals surface area contributed by atoms with Crippen molar-refractivity contribution in [1.82, 2.24) is 0 Å². The Kier molecular flexibility index (Phi) is 4.21. The topological polar surface area (TPSA) is 75.4 Å². The fourth-order valence-electron chi connectivity index (χ4n) is 2.28. The van der Waals surface area contributed by atoms with E-state index in [0.717, 1.165) is 25.0 Å². The summed E-state index contributed by atoms with van der Waals surface area (Å²) in [7, 11) is 0. The molecular weight excluding hydrogens is 275 g/mol. The van der Waals surface area contributed by atoms with Crippen molar-refractivity contribution >= 4 is 23.0 Å². The van der Waals surface area contributed by atoms with E-state index in [2.05, 4.69) is 5.32 Å². The highest BCUT2D eigenvalue weighted by molar-refractivity contribution is 6.31. The van der Waals surface area contributed by atoms with Crippen LogP contribution in [0.4, 0.5) is 15.8 Å². The molecule has 1 aromatic carbocycles. The van der Waals surface area contributed by atoms with E-state index in [1.807, 2.05) is 0 Å². The quantitative estimate of drug-likeness (QED) is 0.662. The van der Waals surface area contributed by atoms with E-state index in [1.54, 1.807) is 0 Å². The number of aliphatic hydroxyl groups is 1. The number of nitro benzene ring substituents is 1. The number of aliphatic hydroxyl groups excluding tert-OH is 1. The summed E-state index contributed by atoms with van der Waals surface area (Å²) in [6.07, 6.45) is 2.62. The van der Waals surface area contributed by atoms with Gasteiger partial charge < -0.3 is 10.4 Å². The second-order valence-electron chi connectivity index (χ2n) is 4.64. The van der Waals surface area contributed by atoms with Gasteiger partial charge in [0.25, 0.3) is 5.69 Å². The van der Waals surface area contributed by atoms with E-state index >= 15 is 0 Å². The Morgan fingerprint density at radius 1 is 1.42 bits per heavy atom. The van der Waals surface area contributed by atoms with Crippen LogP contribution in [0.15, 0.2) is 12.1 Å². The van der Waals surface area contributed by atoms with Crippen molar-refractivity contribution in [2.75, 3.05) is 5.32 Å². The van der Waals surface area contributed by atoms with Crippen LogP contribution in [-0.2, 0) is 0 Å². The van der Waals surface area contributed by atoms with Crippen LogP contribution >= 0.6 is 11.6 Å². The number of hydrogen-bond donors (Lipinski definition) is 2. The van der Waals surface area contributed by atoms with E-state index < -0.39 is 16.8 Å². The number of nitro groups is 1. The minimum Gasteiger partial charge on any atom is -0.391 e. The molecule has 2 unspecified atom stereocenters. The molecule has 19 heavy (non-hydrogen) atoms. The molecule has 1 aliphatic rings. The van der Waals surface area contributed by atoms with Gasteiger partial charge in [-0.1, -0.05) is 24.4 Å². The van der Waals surface area contributed by atoms with Crippen LogP contribution in [0.2, 0.25) is 5.02 Å². The van der Waals surface area contributed by atoms with E-state index in [9.17, 15) is 19.6 Å². The second kappa shape index (κ2) is 5.71. The first kappa shape index (κ1) is 14.0. The fraction of sp³-hybridized carbons (Fsp3) is 0.500. The highest BCUT2D eigenvalue weighted by atomic mass is 35.5. The maximum absolute atomic E-state index is 13.4. The highest BCUT2D eigenvalue weighted by Crippen LogP contribution is 2.32. The summed E-state index contributed by atoms with van der Waals surface area (Å²) in [4.78, 5) is 10.3. The average Bonchev–Trinajstić information content (AvgIpc) is 2.36. The average molecular weight is 289 g/mol. The molecule has 7 heteroatoms. The lowest BCUT2D eigenvalue weighted by atomic mass is 9.92. The molecule has 0 bridgehead atoms. The molecule has 2 atom stereocenters. The Labute approximate surface area is 114 Å². The number of rotatable bonds is 3. The molecule has 1 fully saturated rings. The monoisotopic (exact) mass is 288 g/mol. The molecular formula is C12H14ClFN2O3. The van der Waals surface area contributed by atoms with Gasteiger partial charge in [0.05, 0.1) is 22.1 Å². The van der Waals surface area contributed by atoms with Crippen molar-refractivity contribution < 1.29 is 14.4 Å². The lowest BCUT2D eigenvalue weighted by molar-refractivity contribution is -0.384. The van der Waals surface area contributed by atoms with Gasteiger partial charge in [-0.3, -0.25) is 10.1 Å². The van der Waals surface area contributed by atoms with Crippen molar-refractivity contribution in [3.8, 4) is 0 Å². The normalized spacial score (nSPS) is 23.1. The summed E-state index contributed by atoms with van der Waals surface area (Å²) in [5.74, 6) is -0.722. The molecule has 5 nitrogen and oxygen atoms in total. The van der Waals surface area contributed by atoms with Crippen molar-refractivity contribution in [2.45, 2.75) is 37.8 Å². The zero-order valence-electron chi connectivity index (χ0n) is 10.1. The van der Waals surface area contributed by atoms with Gasteiger partial charge in [-0.05, 0) is 12.8 Å². The van der Waals surface area contributed by atoms with E-state index in [-0.39, 0.29) is 22.4 Å². The number of hydrogen-bond acceptors (Lipinski definition) is 4. The Bertz CT molecular complexity index is 498. The van der Waals surface area contributed by atoms with Gasteiger partial charge in [-0.2, -0.15) is 0 Å². The summed E-state index contributed by atoms with van der Waals surface area (Å²) >= 11 is 5.54. The lowest BCUT2D eigenvalue weighted by Crippen LogP contribution is -2.36. The van der Waals surface area contributed by atoms with Crippen molar-refractivity contribution in [1.29, 1.82) is 0 Å². The number of nitrogens with one attached hydrogen (secondary N) is 1. The van der Waals surface area contributed by atoms with Crippen molar-refractivity contribution in [2.24, 2.45) is 0 Å². The predicted octanol–water partition coefficient (Wildman–Crippen LogP) is 3.10. The minimum atomic E-state index is -0.722. The van der Waals surface area contributed by atoms with Gasteiger partial charge in [0.15, 0.2) is 0 Å². The minimum absolute atomic E-state index is 0.0536. The number of nitrogens with zero attached hydrogens (tertiary/aromatic N) is 1. The number of benzene rings is 1.